The van der Waals surface area contributed by atoms with Crippen LogP contribution in [0.15, 0.2) is 115 Å². The van der Waals surface area contributed by atoms with E-state index < -0.39 is 76.9 Å². The van der Waals surface area contributed by atoms with Crippen LogP contribution in [0.5, 0.6) is 0 Å². The van der Waals surface area contributed by atoms with Crippen LogP contribution < -0.4 is 10.6 Å². The monoisotopic (exact) mass is 925 g/mol. The van der Waals surface area contributed by atoms with Gasteiger partial charge in [-0.3, -0.25) is 19.7 Å². The first-order chi connectivity index (χ1) is 32.2. The van der Waals surface area contributed by atoms with Gasteiger partial charge in [0, 0.05) is 30.0 Å². The van der Waals surface area contributed by atoms with Crippen LogP contribution in [0.1, 0.15) is 85.9 Å². The van der Waals surface area contributed by atoms with Crippen molar-refractivity contribution in [3.63, 3.8) is 0 Å². The van der Waals surface area contributed by atoms with Gasteiger partial charge in [-0.2, -0.15) is 0 Å². The molecule has 0 saturated carbocycles. The van der Waals surface area contributed by atoms with Crippen molar-refractivity contribution in [1.29, 1.82) is 0 Å². The third kappa shape index (κ3) is 8.78. The summed E-state index contributed by atoms with van der Waals surface area (Å²) >= 11 is 6.20. The van der Waals surface area contributed by atoms with Gasteiger partial charge >= 0.3 is 18.2 Å². The van der Waals surface area contributed by atoms with E-state index in [0.29, 0.717) is 6.42 Å². The first kappa shape index (κ1) is 44.9. The van der Waals surface area contributed by atoms with Gasteiger partial charge in [-0.05, 0) is 84.2 Å². The van der Waals surface area contributed by atoms with Crippen molar-refractivity contribution in [3.8, 4) is 22.3 Å². The Morgan fingerprint density at radius 3 is 1.85 bits per heavy atom. The number of hydrogen-bond acceptors (Lipinski definition) is 10. The van der Waals surface area contributed by atoms with E-state index in [0.717, 1.165) is 55.5 Å². The number of esters is 1. The number of nitrogens with one attached hydrogen (secondary N) is 2. The third-order valence-corrected chi connectivity index (χ3v) is 13.2. The minimum Gasteiger partial charge on any atom is -0.458 e. The average molecular weight is 926 g/mol. The smallest absolute Gasteiger partial charge is 0.410 e. The Morgan fingerprint density at radius 1 is 0.806 bits per heavy atom. The topological polar surface area (TPSA) is 187 Å². The number of nitrogens with zero attached hydrogens (tertiary/aromatic N) is 3. The Balaban J connectivity index is 1.06. The molecular formula is C51H48ClN5O10. The summed E-state index contributed by atoms with van der Waals surface area (Å²) in [6, 6.07) is 31.1. The number of fused-ring (bicyclic) bond motifs is 6. The van der Waals surface area contributed by atoms with Crippen LogP contribution in [0.4, 0.5) is 15.3 Å². The lowest BCUT2D eigenvalue weighted by Gasteiger charge is -2.44. The molecule has 5 aromatic rings. The lowest BCUT2D eigenvalue weighted by Crippen LogP contribution is -2.65. The molecule has 4 aliphatic rings. The van der Waals surface area contributed by atoms with Crippen LogP contribution in [0, 0.1) is 10.1 Å². The highest BCUT2D eigenvalue weighted by Crippen LogP contribution is 2.46. The molecule has 2 fully saturated rings. The molecule has 0 spiro atoms. The van der Waals surface area contributed by atoms with Crippen LogP contribution in [0.25, 0.3) is 22.3 Å². The molecule has 2 aliphatic carbocycles. The lowest BCUT2D eigenvalue weighted by molar-refractivity contribution is -0.384. The SMILES string of the molecule is CC(C)(C)OC(=O)[C@@H]1CC(=O)N[C@H](c2ccc(Cl)c([N+](=O)[O-])c2)N1C(=O)C(NC(=O)OCC1c2ccccc2-c2ccccc21)[C@@H]1CCCN1C(=O)OCC1c2ccccc2-c2ccccc21. The maximum atomic E-state index is 15.6. The number of carbonyl (C=O) groups is 5. The molecule has 2 aliphatic heterocycles. The summed E-state index contributed by atoms with van der Waals surface area (Å²) in [6.45, 7) is 4.95. The van der Waals surface area contributed by atoms with Crippen molar-refractivity contribution in [2.75, 3.05) is 19.8 Å². The summed E-state index contributed by atoms with van der Waals surface area (Å²) in [5, 5.41) is 17.4. The second-order valence-corrected chi connectivity index (χ2v) is 18.5. The summed E-state index contributed by atoms with van der Waals surface area (Å²) in [7, 11) is 0. The number of rotatable bonds is 10. The minimum atomic E-state index is -1.59. The van der Waals surface area contributed by atoms with Gasteiger partial charge in [0.15, 0.2) is 0 Å². The molecule has 0 bridgehead atoms. The minimum absolute atomic E-state index is 0.00913. The fourth-order valence-corrected chi connectivity index (χ4v) is 10.1. The summed E-state index contributed by atoms with van der Waals surface area (Å²) in [5.74, 6) is -3.05. The molecule has 9 rings (SSSR count). The summed E-state index contributed by atoms with van der Waals surface area (Å²) < 4.78 is 17.8. The highest BCUT2D eigenvalue weighted by Gasteiger charge is 2.50. The molecular weight excluding hydrogens is 878 g/mol. The Hall–Kier alpha value is -7.26. The Kier molecular flexibility index (Phi) is 12.2. The van der Waals surface area contributed by atoms with Gasteiger partial charge in [-0.25, -0.2) is 14.4 Å². The van der Waals surface area contributed by atoms with E-state index in [4.69, 9.17) is 25.8 Å². The second kappa shape index (κ2) is 18.2. The molecule has 5 aromatic carbocycles. The van der Waals surface area contributed by atoms with E-state index >= 15 is 4.79 Å². The van der Waals surface area contributed by atoms with E-state index in [9.17, 15) is 29.3 Å². The van der Waals surface area contributed by atoms with Crippen molar-refractivity contribution in [1.82, 2.24) is 20.4 Å². The van der Waals surface area contributed by atoms with Crippen molar-refractivity contribution in [2.45, 2.75) is 81.8 Å². The molecule has 0 radical (unpaired) electrons. The van der Waals surface area contributed by atoms with E-state index in [1.54, 1.807) is 20.8 Å². The molecule has 2 saturated heterocycles. The first-order valence-electron chi connectivity index (χ1n) is 22.2. The quantitative estimate of drug-likeness (QED) is 0.0594. The number of amides is 4. The normalized spacial score (nSPS) is 19.0. The molecule has 0 aromatic heterocycles. The number of halogens is 1. The molecule has 344 valence electrons. The molecule has 2 heterocycles. The van der Waals surface area contributed by atoms with Crippen LogP contribution in [-0.4, -0.2) is 88.2 Å². The van der Waals surface area contributed by atoms with E-state index in [-0.39, 0.29) is 48.6 Å². The van der Waals surface area contributed by atoms with Gasteiger partial charge in [0.2, 0.25) is 11.8 Å². The molecule has 67 heavy (non-hydrogen) atoms. The van der Waals surface area contributed by atoms with Gasteiger partial charge in [-0.15, -0.1) is 0 Å². The molecule has 1 unspecified atom stereocenters. The van der Waals surface area contributed by atoms with E-state index in [1.807, 2.05) is 97.1 Å². The number of alkyl carbamates (subject to hydrolysis) is 1. The van der Waals surface area contributed by atoms with Crippen LogP contribution >= 0.6 is 11.6 Å². The van der Waals surface area contributed by atoms with Gasteiger partial charge in [0.1, 0.15) is 42.1 Å². The predicted molar refractivity (Wildman–Crippen MR) is 247 cm³/mol. The van der Waals surface area contributed by atoms with Crippen molar-refractivity contribution < 1.29 is 43.1 Å². The number of nitro benzene ring substituents is 1. The highest BCUT2D eigenvalue weighted by molar-refractivity contribution is 6.32. The van der Waals surface area contributed by atoms with Crippen molar-refractivity contribution in [2.24, 2.45) is 0 Å². The zero-order valence-corrected chi connectivity index (χ0v) is 37.7. The fourth-order valence-electron chi connectivity index (χ4n) is 9.96. The van der Waals surface area contributed by atoms with Gasteiger partial charge in [-0.1, -0.05) is 115 Å². The van der Waals surface area contributed by atoms with Gasteiger partial charge in [0.05, 0.1) is 17.4 Å². The lowest BCUT2D eigenvalue weighted by atomic mass is 9.97. The zero-order chi connectivity index (χ0) is 47.1. The van der Waals surface area contributed by atoms with Crippen molar-refractivity contribution >= 4 is 47.3 Å². The number of ether oxygens (including phenoxy) is 3. The van der Waals surface area contributed by atoms with E-state index in [1.165, 1.54) is 17.0 Å². The van der Waals surface area contributed by atoms with Crippen LogP contribution in [0.2, 0.25) is 5.02 Å². The number of hydrogen-bond donors (Lipinski definition) is 2. The molecule has 4 atom stereocenters. The Morgan fingerprint density at radius 2 is 1.33 bits per heavy atom. The largest absolute Gasteiger partial charge is 0.458 e. The Labute approximate surface area is 391 Å². The zero-order valence-electron chi connectivity index (χ0n) is 37.0. The van der Waals surface area contributed by atoms with Crippen LogP contribution in [-0.2, 0) is 28.6 Å². The number of carbonyl (C=O) groups excluding carboxylic acids is 5. The maximum Gasteiger partial charge on any atom is 0.410 e. The van der Waals surface area contributed by atoms with Gasteiger partial charge in [0.25, 0.3) is 5.69 Å². The first-order valence-corrected chi connectivity index (χ1v) is 22.6. The second-order valence-electron chi connectivity index (χ2n) is 18.1. The number of nitro groups is 1. The van der Waals surface area contributed by atoms with Crippen molar-refractivity contribution in [3.05, 3.63) is 158 Å². The van der Waals surface area contributed by atoms with E-state index in [2.05, 4.69) is 10.6 Å². The highest BCUT2D eigenvalue weighted by atomic mass is 35.5. The number of likely N-dealkylation sites (tertiary alicyclic amines) is 1. The summed E-state index contributed by atoms with van der Waals surface area (Å²) in [4.78, 5) is 85.7. The standard InChI is InChI=1S/C51H48ClN5O10/c1-51(2,3)67-48(60)43-26-44(58)53-46(29-22-23-40(52)42(25-29)57(63)64)56(43)47(59)45(54-49(61)65-27-38-34-17-8-4-13-30(34)31-14-5-9-18-35(31)38)41-21-12-24-55(41)50(62)66-28-39-36-19-10-6-15-32(36)33-16-7-11-20-37(33)39/h4-11,13-20,22-23,25,38-39,41,43,45-46H,12,21,24,26-28H2,1-3H3,(H,53,58)(H,54,61)/t41-,43-,45?,46-/m0/s1. The molecule has 4 amide bonds. The summed E-state index contributed by atoms with van der Waals surface area (Å²) in [6.07, 6.45) is -3.09. The van der Waals surface area contributed by atoms with Gasteiger partial charge < -0.3 is 34.6 Å². The molecule has 15 nitrogen and oxygen atoms in total. The average Bonchev–Trinajstić information content (AvgIpc) is 4.01. The van der Waals surface area contributed by atoms with Crippen LogP contribution in [0.3, 0.4) is 0 Å². The Bertz CT molecular complexity index is 2720. The summed E-state index contributed by atoms with van der Waals surface area (Å²) in [5.41, 5.74) is 6.54. The fraction of sp³-hybridized carbons (Fsp3) is 0.314. The predicted octanol–water partition coefficient (Wildman–Crippen LogP) is 8.63. The third-order valence-electron chi connectivity index (χ3n) is 12.8. The number of benzene rings is 5. The molecule has 16 heteroatoms. The molecule has 2 N–H and O–H groups in total. The maximum absolute atomic E-state index is 15.6.